The van der Waals surface area contributed by atoms with Crippen molar-refractivity contribution < 1.29 is 19.4 Å². The van der Waals surface area contributed by atoms with Gasteiger partial charge in [0.2, 0.25) is 0 Å². The maximum absolute atomic E-state index is 12.9. The number of benzene rings is 3. The van der Waals surface area contributed by atoms with Crippen LogP contribution >= 0.6 is 11.6 Å². The smallest absolute Gasteiger partial charge is 0.307 e. The van der Waals surface area contributed by atoms with Crippen molar-refractivity contribution in [3.63, 3.8) is 0 Å². The van der Waals surface area contributed by atoms with Crippen molar-refractivity contribution in [2.24, 2.45) is 0 Å². The zero-order chi connectivity index (χ0) is 19.9. The molecule has 0 aliphatic rings. The van der Waals surface area contributed by atoms with E-state index in [0.717, 1.165) is 11.1 Å². The molecule has 0 saturated heterocycles. The van der Waals surface area contributed by atoms with E-state index in [1.165, 1.54) is 0 Å². The van der Waals surface area contributed by atoms with Gasteiger partial charge in [-0.05, 0) is 34.9 Å². The molecule has 0 atom stereocenters. The highest BCUT2D eigenvalue weighted by atomic mass is 35.5. The van der Waals surface area contributed by atoms with Crippen LogP contribution in [0.25, 0.3) is 0 Å². The molecule has 0 fully saturated rings. The molecular formula is C23H19ClO4. The normalized spacial score (nSPS) is 10.5. The van der Waals surface area contributed by atoms with Crippen LogP contribution in [0, 0.1) is 0 Å². The Morgan fingerprint density at radius 3 is 2.21 bits per heavy atom. The summed E-state index contributed by atoms with van der Waals surface area (Å²) in [6.45, 7) is 0.344. The molecule has 0 unspecified atom stereocenters. The first-order valence-electron chi connectivity index (χ1n) is 8.80. The number of aliphatic carboxylic acids is 1. The molecule has 0 spiro atoms. The Bertz CT molecular complexity index is 983. The zero-order valence-electron chi connectivity index (χ0n) is 15.1. The van der Waals surface area contributed by atoms with Gasteiger partial charge >= 0.3 is 5.97 Å². The van der Waals surface area contributed by atoms with Crippen LogP contribution in [0.1, 0.15) is 27.0 Å². The molecule has 0 aromatic heterocycles. The Balaban J connectivity index is 1.77. The molecule has 142 valence electrons. The topological polar surface area (TPSA) is 63.6 Å². The number of ether oxygens (including phenoxy) is 1. The van der Waals surface area contributed by atoms with Gasteiger partial charge in [-0.1, -0.05) is 66.2 Å². The standard InChI is InChI=1S/C23H19ClO4/c24-19-9-10-22(28-15-16-5-2-1-3-6-16)20(14-19)21(25)12-17-7-4-8-18(11-17)13-23(26)27/h1-11,14H,12-13,15H2,(H,26,27). The third kappa shape index (κ3) is 5.44. The molecule has 3 rings (SSSR count). The fraction of sp³-hybridized carbons (Fsp3) is 0.130. The maximum atomic E-state index is 12.9. The number of carbonyl (C=O) groups excluding carboxylic acids is 1. The second kappa shape index (κ2) is 9.20. The molecule has 3 aromatic carbocycles. The van der Waals surface area contributed by atoms with Crippen molar-refractivity contribution in [2.75, 3.05) is 0 Å². The molecule has 0 saturated carbocycles. The van der Waals surface area contributed by atoms with Gasteiger partial charge in [0.25, 0.3) is 0 Å². The van der Waals surface area contributed by atoms with Crippen molar-refractivity contribution in [1.82, 2.24) is 0 Å². The van der Waals surface area contributed by atoms with Gasteiger partial charge in [0.1, 0.15) is 12.4 Å². The summed E-state index contributed by atoms with van der Waals surface area (Å²) in [6.07, 6.45) is 0.0557. The fourth-order valence-electron chi connectivity index (χ4n) is 2.89. The number of carbonyl (C=O) groups is 2. The van der Waals surface area contributed by atoms with Crippen LogP contribution in [0.2, 0.25) is 5.02 Å². The van der Waals surface area contributed by atoms with Gasteiger partial charge in [-0.25, -0.2) is 0 Å². The lowest BCUT2D eigenvalue weighted by Crippen LogP contribution is -2.08. The fourth-order valence-corrected chi connectivity index (χ4v) is 3.06. The number of carboxylic acids is 1. The Morgan fingerprint density at radius 1 is 0.821 bits per heavy atom. The van der Waals surface area contributed by atoms with Crippen LogP contribution in [0.4, 0.5) is 0 Å². The molecule has 5 heteroatoms. The lowest BCUT2D eigenvalue weighted by molar-refractivity contribution is -0.136. The Labute approximate surface area is 168 Å². The average Bonchev–Trinajstić information content (AvgIpc) is 2.67. The molecule has 0 radical (unpaired) electrons. The first kappa shape index (κ1) is 19.6. The van der Waals surface area contributed by atoms with Gasteiger partial charge in [0, 0.05) is 11.4 Å². The minimum atomic E-state index is -0.907. The monoisotopic (exact) mass is 394 g/mol. The van der Waals surface area contributed by atoms with Crippen LogP contribution in [-0.4, -0.2) is 16.9 Å². The molecule has 0 aliphatic heterocycles. The predicted molar refractivity (Wildman–Crippen MR) is 108 cm³/mol. The van der Waals surface area contributed by atoms with Crippen molar-refractivity contribution in [3.8, 4) is 5.75 Å². The van der Waals surface area contributed by atoms with Gasteiger partial charge in [-0.2, -0.15) is 0 Å². The van der Waals surface area contributed by atoms with E-state index in [2.05, 4.69) is 0 Å². The van der Waals surface area contributed by atoms with Gasteiger partial charge < -0.3 is 9.84 Å². The van der Waals surface area contributed by atoms with E-state index in [4.69, 9.17) is 21.4 Å². The third-order valence-corrected chi connectivity index (χ3v) is 4.43. The van der Waals surface area contributed by atoms with E-state index in [9.17, 15) is 9.59 Å². The predicted octanol–water partition coefficient (Wildman–Crippen LogP) is 4.97. The van der Waals surface area contributed by atoms with Crippen LogP contribution < -0.4 is 4.74 Å². The lowest BCUT2D eigenvalue weighted by atomic mass is 10.00. The van der Waals surface area contributed by atoms with Gasteiger partial charge in [0.15, 0.2) is 5.78 Å². The van der Waals surface area contributed by atoms with E-state index < -0.39 is 5.97 Å². The van der Waals surface area contributed by atoms with Crippen LogP contribution in [0.5, 0.6) is 5.75 Å². The molecule has 0 heterocycles. The summed E-state index contributed by atoms with van der Waals surface area (Å²) in [5, 5.41) is 9.39. The number of hydrogen-bond donors (Lipinski definition) is 1. The summed E-state index contributed by atoms with van der Waals surface area (Å²) in [6, 6.07) is 21.7. The Kier molecular flexibility index (Phi) is 6.45. The quantitative estimate of drug-likeness (QED) is 0.548. The summed E-state index contributed by atoms with van der Waals surface area (Å²) in [4.78, 5) is 23.8. The molecule has 0 amide bonds. The van der Waals surface area contributed by atoms with Crippen LogP contribution in [-0.2, 0) is 24.2 Å². The van der Waals surface area contributed by atoms with Crippen molar-refractivity contribution in [2.45, 2.75) is 19.4 Å². The molecule has 0 aliphatic carbocycles. The minimum absolute atomic E-state index is 0.0787. The van der Waals surface area contributed by atoms with E-state index in [-0.39, 0.29) is 18.6 Å². The molecule has 28 heavy (non-hydrogen) atoms. The second-order valence-electron chi connectivity index (χ2n) is 6.41. The SMILES string of the molecule is O=C(O)Cc1cccc(CC(=O)c2cc(Cl)ccc2OCc2ccccc2)c1. The van der Waals surface area contributed by atoms with Gasteiger partial charge in [-0.3, -0.25) is 9.59 Å². The number of halogens is 1. The van der Waals surface area contributed by atoms with E-state index in [1.807, 2.05) is 30.3 Å². The highest BCUT2D eigenvalue weighted by Crippen LogP contribution is 2.25. The first-order chi connectivity index (χ1) is 13.5. The summed E-state index contributed by atoms with van der Waals surface area (Å²) in [5.74, 6) is -0.576. The average molecular weight is 395 g/mol. The summed E-state index contributed by atoms with van der Waals surface area (Å²) in [5.41, 5.74) is 2.81. The summed E-state index contributed by atoms with van der Waals surface area (Å²) in [7, 11) is 0. The van der Waals surface area contributed by atoms with Crippen molar-refractivity contribution >= 4 is 23.4 Å². The van der Waals surface area contributed by atoms with Crippen molar-refractivity contribution in [1.29, 1.82) is 0 Å². The number of Topliss-reactive ketones (excluding diaryl/α,β-unsaturated/α-hetero) is 1. The molecule has 3 aromatic rings. The van der Waals surface area contributed by atoms with E-state index in [1.54, 1.807) is 42.5 Å². The van der Waals surface area contributed by atoms with Crippen LogP contribution in [0.3, 0.4) is 0 Å². The molecule has 1 N–H and O–H groups in total. The highest BCUT2D eigenvalue weighted by Gasteiger charge is 2.15. The molecular weight excluding hydrogens is 376 g/mol. The first-order valence-corrected chi connectivity index (χ1v) is 9.18. The van der Waals surface area contributed by atoms with Gasteiger partial charge in [-0.15, -0.1) is 0 Å². The third-order valence-electron chi connectivity index (χ3n) is 4.19. The number of ketones is 1. The van der Waals surface area contributed by atoms with Crippen LogP contribution in [0.15, 0.2) is 72.8 Å². The van der Waals surface area contributed by atoms with E-state index in [0.29, 0.717) is 28.5 Å². The molecule has 0 bridgehead atoms. The zero-order valence-corrected chi connectivity index (χ0v) is 15.9. The highest BCUT2D eigenvalue weighted by molar-refractivity contribution is 6.31. The molecule has 4 nitrogen and oxygen atoms in total. The number of rotatable bonds is 8. The minimum Gasteiger partial charge on any atom is -0.488 e. The van der Waals surface area contributed by atoms with Gasteiger partial charge in [0.05, 0.1) is 12.0 Å². The van der Waals surface area contributed by atoms with E-state index >= 15 is 0 Å². The van der Waals surface area contributed by atoms with Crippen molar-refractivity contribution in [3.05, 3.63) is 100 Å². The largest absolute Gasteiger partial charge is 0.488 e. The lowest BCUT2D eigenvalue weighted by Gasteiger charge is -2.12. The summed E-state index contributed by atoms with van der Waals surface area (Å²) < 4.78 is 5.86. The maximum Gasteiger partial charge on any atom is 0.307 e. The summed E-state index contributed by atoms with van der Waals surface area (Å²) >= 11 is 6.09. The Hall–Kier alpha value is -3.11. The number of hydrogen-bond acceptors (Lipinski definition) is 3. The number of carboxylic acid groups (broad SMARTS) is 1. The Morgan fingerprint density at radius 2 is 1.50 bits per heavy atom. The second-order valence-corrected chi connectivity index (χ2v) is 6.84.